The van der Waals surface area contributed by atoms with Gasteiger partial charge in [-0.2, -0.15) is 0 Å². The number of carbonyl (C=O) groups is 1. The largest absolute Gasteiger partial charge is 0.288 e. The Labute approximate surface area is 125 Å². The maximum Gasteiger partial charge on any atom is 0.196 e. The number of hydrogen-bond acceptors (Lipinski definition) is 2. The number of carbonyl (C=O) groups excluding carboxylic acids is 1. The third-order valence-corrected chi connectivity index (χ3v) is 4.46. The van der Waals surface area contributed by atoms with Gasteiger partial charge in [-0.3, -0.25) is 4.79 Å². The Hall–Kier alpha value is -0.170. The van der Waals surface area contributed by atoms with E-state index in [4.69, 9.17) is 23.2 Å². The molecule has 0 unspecified atom stereocenters. The molecule has 0 fully saturated rings. The first-order valence-corrected chi connectivity index (χ1v) is 7.08. The predicted octanol–water partition coefficient (Wildman–Crippen LogP) is 5.03. The minimum atomic E-state index is -0.375. The second-order valence-electron chi connectivity index (χ2n) is 3.19. The van der Waals surface area contributed by atoms with E-state index in [9.17, 15) is 9.18 Å². The molecular formula is C11H4Cl2FIOS. The summed E-state index contributed by atoms with van der Waals surface area (Å²) in [5, 5.41) is 0. The highest BCUT2D eigenvalue weighted by atomic mass is 127. The smallest absolute Gasteiger partial charge is 0.196 e. The number of halogens is 4. The predicted molar refractivity (Wildman–Crippen MR) is 76.9 cm³/mol. The molecule has 1 nitrogen and oxygen atoms in total. The lowest BCUT2D eigenvalue weighted by Crippen LogP contribution is -2.03. The van der Waals surface area contributed by atoms with Crippen LogP contribution >= 0.6 is 57.1 Å². The summed E-state index contributed by atoms with van der Waals surface area (Å²) < 4.78 is 14.3. The van der Waals surface area contributed by atoms with Crippen LogP contribution in [-0.2, 0) is 0 Å². The van der Waals surface area contributed by atoms with Crippen LogP contribution in [0.4, 0.5) is 4.39 Å². The molecule has 1 heterocycles. The summed E-state index contributed by atoms with van der Waals surface area (Å²) in [6.45, 7) is 0. The second-order valence-corrected chi connectivity index (χ2v) is 6.64. The first-order valence-electron chi connectivity index (χ1n) is 4.43. The number of thiophene rings is 1. The van der Waals surface area contributed by atoms with Crippen LogP contribution in [0.25, 0.3) is 0 Å². The molecule has 0 saturated carbocycles. The summed E-state index contributed by atoms with van der Waals surface area (Å²) >= 11 is 14.7. The third kappa shape index (κ3) is 2.81. The molecule has 0 bridgehead atoms. The van der Waals surface area contributed by atoms with Crippen molar-refractivity contribution >= 4 is 62.9 Å². The average molecular weight is 401 g/mol. The third-order valence-electron chi connectivity index (χ3n) is 2.08. The highest BCUT2D eigenvalue weighted by molar-refractivity contribution is 14.1. The van der Waals surface area contributed by atoms with Gasteiger partial charge in [-0.1, -0.05) is 23.2 Å². The summed E-state index contributed by atoms with van der Waals surface area (Å²) in [6.07, 6.45) is 0. The molecule has 0 aliphatic heterocycles. The monoisotopic (exact) mass is 400 g/mol. The van der Waals surface area contributed by atoms with Gasteiger partial charge in [-0.15, -0.1) is 11.3 Å². The zero-order valence-electron chi connectivity index (χ0n) is 8.14. The van der Waals surface area contributed by atoms with Crippen LogP contribution in [0.2, 0.25) is 8.67 Å². The molecule has 0 aliphatic rings. The topological polar surface area (TPSA) is 17.1 Å². The van der Waals surface area contributed by atoms with Gasteiger partial charge in [-0.25, -0.2) is 4.39 Å². The van der Waals surface area contributed by atoms with Crippen LogP contribution in [0.5, 0.6) is 0 Å². The highest BCUT2D eigenvalue weighted by Gasteiger charge is 2.18. The minimum absolute atomic E-state index is 0.248. The molecule has 1 aromatic carbocycles. The summed E-state index contributed by atoms with van der Waals surface area (Å²) in [7, 11) is 0. The van der Waals surface area contributed by atoms with Crippen LogP contribution < -0.4 is 0 Å². The summed E-state index contributed by atoms with van der Waals surface area (Å²) in [4.78, 5) is 12.1. The SMILES string of the molecule is O=C(c1ccc(F)cc1I)c1cc(Cl)sc1Cl. The van der Waals surface area contributed by atoms with E-state index in [2.05, 4.69) is 0 Å². The van der Waals surface area contributed by atoms with E-state index in [1.807, 2.05) is 22.6 Å². The molecule has 1 aromatic heterocycles. The number of hydrogen-bond donors (Lipinski definition) is 0. The zero-order chi connectivity index (χ0) is 12.6. The van der Waals surface area contributed by atoms with Gasteiger partial charge in [0, 0.05) is 9.13 Å². The van der Waals surface area contributed by atoms with Crippen LogP contribution in [0.3, 0.4) is 0 Å². The molecule has 0 N–H and O–H groups in total. The summed E-state index contributed by atoms with van der Waals surface area (Å²) in [5.74, 6) is -0.622. The average Bonchev–Trinajstić information content (AvgIpc) is 2.57. The Morgan fingerprint density at radius 3 is 2.47 bits per heavy atom. The van der Waals surface area contributed by atoms with Crippen molar-refractivity contribution in [2.45, 2.75) is 0 Å². The maximum atomic E-state index is 12.9. The van der Waals surface area contributed by atoms with E-state index in [1.54, 1.807) is 0 Å². The standard InChI is InChI=1S/C11H4Cl2FIOS/c12-9-4-7(11(13)17-9)10(16)6-2-1-5(14)3-8(6)15/h1-4H. The lowest BCUT2D eigenvalue weighted by atomic mass is 10.1. The van der Waals surface area contributed by atoms with Gasteiger partial charge in [0.15, 0.2) is 5.78 Å². The Balaban J connectivity index is 2.47. The highest BCUT2D eigenvalue weighted by Crippen LogP contribution is 2.33. The van der Waals surface area contributed by atoms with Gasteiger partial charge in [0.05, 0.1) is 9.90 Å². The summed E-state index contributed by atoms with van der Waals surface area (Å²) in [5.41, 5.74) is 0.773. The van der Waals surface area contributed by atoms with Crippen molar-refractivity contribution in [2.24, 2.45) is 0 Å². The normalized spacial score (nSPS) is 10.6. The van der Waals surface area contributed by atoms with E-state index >= 15 is 0 Å². The van der Waals surface area contributed by atoms with E-state index in [0.29, 0.717) is 23.4 Å². The molecule has 2 rings (SSSR count). The van der Waals surface area contributed by atoms with Crippen LogP contribution in [0.15, 0.2) is 24.3 Å². The fourth-order valence-corrected chi connectivity index (χ4v) is 3.49. The molecule has 0 amide bonds. The van der Waals surface area contributed by atoms with Crippen molar-refractivity contribution in [2.75, 3.05) is 0 Å². The molecule has 88 valence electrons. The Kier molecular flexibility index (Phi) is 4.07. The minimum Gasteiger partial charge on any atom is -0.288 e. The quantitative estimate of drug-likeness (QED) is 0.510. The fourth-order valence-electron chi connectivity index (χ4n) is 1.31. The molecule has 0 atom stereocenters. The van der Waals surface area contributed by atoms with E-state index in [-0.39, 0.29) is 11.6 Å². The van der Waals surface area contributed by atoms with Gasteiger partial charge < -0.3 is 0 Å². The van der Waals surface area contributed by atoms with E-state index in [1.165, 1.54) is 24.3 Å². The van der Waals surface area contributed by atoms with Gasteiger partial charge in [0.1, 0.15) is 10.2 Å². The molecule has 2 aromatic rings. The summed E-state index contributed by atoms with van der Waals surface area (Å²) in [6, 6.07) is 5.52. The van der Waals surface area contributed by atoms with Crippen LogP contribution in [-0.4, -0.2) is 5.78 Å². The molecule has 0 saturated heterocycles. The van der Waals surface area contributed by atoms with Crippen molar-refractivity contribution in [1.29, 1.82) is 0 Å². The first-order chi connectivity index (χ1) is 7.99. The van der Waals surface area contributed by atoms with Gasteiger partial charge >= 0.3 is 0 Å². The van der Waals surface area contributed by atoms with Crippen molar-refractivity contribution in [3.8, 4) is 0 Å². The lowest BCUT2D eigenvalue weighted by Gasteiger charge is -2.02. The molecule has 0 spiro atoms. The molecule has 17 heavy (non-hydrogen) atoms. The Morgan fingerprint density at radius 1 is 1.24 bits per heavy atom. The van der Waals surface area contributed by atoms with E-state index in [0.717, 1.165) is 11.3 Å². The van der Waals surface area contributed by atoms with Gasteiger partial charge in [0.2, 0.25) is 0 Å². The van der Waals surface area contributed by atoms with Gasteiger partial charge in [-0.05, 0) is 46.9 Å². The van der Waals surface area contributed by atoms with Crippen LogP contribution in [0, 0.1) is 9.39 Å². The number of ketones is 1. The van der Waals surface area contributed by atoms with Crippen molar-refractivity contribution in [1.82, 2.24) is 0 Å². The first kappa shape index (κ1) is 13.3. The maximum absolute atomic E-state index is 12.9. The fraction of sp³-hybridized carbons (Fsp3) is 0. The van der Waals surface area contributed by atoms with Gasteiger partial charge in [0.25, 0.3) is 0 Å². The van der Waals surface area contributed by atoms with Crippen LogP contribution in [0.1, 0.15) is 15.9 Å². The lowest BCUT2D eigenvalue weighted by molar-refractivity contribution is 0.103. The molecule has 6 heteroatoms. The number of rotatable bonds is 2. The van der Waals surface area contributed by atoms with Crippen molar-refractivity contribution in [3.05, 3.63) is 53.5 Å². The Bertz CT molecular complexity index is 597. The molecule has 0 aliphatic carbocycles. The molecular weight excluding hydrogens is 397 g/mol. The number of benzene rings is 1. The van der Waals surface area contributed by atoms with E-state index < -0.39 is 0 Å². The zero-order valence-corrected chi connectivity index (χ0v) is 12.6. The Morgan fingerprint density at radius 2 is 1.94 bits per heavy atom. The van der Waals surface area contributed by atoms with Crippen molar-refractivity contribution < 1.29 is 9.18 Å². The second kappa shape index (κ2) is 5.22. The van der Waals surface area contributed by atoms with Crippen molar-refractivity contribution in [3.63, 3.8) is 0 Å². The molecule has 0 radical (unpaired) electrons.